The number of nitrogens with zero attached hydrogens (tertiary/aromatic N) is 3. The molecule has 1 aliphatic rings. The molecule has 0 N–H and O–H groups in total. The van der Waals surface area contributed by atoms with Crippen LogP contribution in [0.2, 0.25) is 5.28 Å². The molecule has 0 unspecified atom stereocenters. The van der Waals surface area contributed by atoms with Crippen LogP contribution in [-0.2, 0) is 19.9 Å². The zero-order chi connectivity index (χ0) is 14.1. The summed E-state index contributed by atoms with van der Waals surface area (Å²) in [4.78, 5) is 7.16. The van der Waals surface area contributed by atoms with Crippen molar-refractivity contribution in [2.24, 2.45) is 0 Å². The molecular formula is C9H12ClN3O4S2. The fourth-order valence-electron chi connectivity index (χ4n) is 1.74. The standard InChI is InChI=1S/C9H12ClN3O4S2/c10-9-11-6-8(7-12-9)19(16,17)13-2-1-4-18(14,15)5-3-13/h6-7H,1-5H2. The van der Waals surface area contributed by atoms with Gasteiger partial charge in [0.25, 0.3) is 0 Å². The SMILES string of the molecule is O=S1(=O)CCCN(S(=O)(=O)c2cnc(Cl)nc2)CC1. The van der Waals surface area contributed by atoms with Crippen molar-refractivity contribution in [3.63, 3.8) is 0 Å². The lowest BCUT2D eigenvalue weighted by molar-refractivity contribution is 0.434. The largest absolute Gasteiger partial charge is 0.246 e. The summed E-state index contributed by atoms with van der Waals surface area (Å²) in [7, 11) is -6.93. The van der Waals surface area contributed by atoms with Crippen LogP contribution in [0.5, 0.6) is 0 Å². The highest BCUT2D eigenvalue weighted by atomic mass is 35.5. The highest BCUT2D eigenvalue weighted by molar-refractivity contribution is 7.91. The number of hydrogen-bond acceptors (Lipinski definition) is 6. The highest BCUT2D eigenvalue weighted by Gasteiger charge is 2.29. The van der Waals surface area contributed by atoms with Crippen molar-refractivity contribution in [3.8, 4) is 0 Å². The second-order valence-electron chi connectivity index (χ2n) is 4.10. The van der Waals surface area contributed by atoms with Crippen molar-refractivity contribution >= 4 is 31.5 Å². The van der Waals surface area contributed by atoms with E-state index in [1.807, 2.05) is 0 Å². The van der Waals surface area contributed by atoms with E-state index in [9.17, 15) is 16.8 Å². The van der Waals surface area contributed by atoms with Crippen LogP contribution < -0.4 is 0 Å². The molecule has 2 heterocycles. The van der Waals surface area contributed by atoms with Crippen molar-refractivity contribution in [2.45, 2.75) is 11.3 Å². The summed E-state index contributed by atoms with van der Waals surface area (Å²) in [6.07, 6.45) is 2.52. The highest BCUT2D eigenvalue weighted by Crippen LogP contribution is 2.17. The topological polar surface area (TPSA) is 97.3 Å². The van der Waals surface area contributed by atoms with Crippen LogP contribution in [0.3, 0.4) is 0 Å². The van der Waals surface area contributed by atoms with E-state index < -0.39 is 19.9 Å². The lowest BCUT2D eigenvalue weighted by Crippen LogP contribution is -2.33. The maximum absolute atomic E-state index is 12.3. The van der Waals surface area contributed by atoms with Crippen LogP contribution in [0, 0.1) is 0 Å². The lowest BCUT2D eigenvalue weighted by atomic mass is 10.5. The number of halogens is 1. The summed E-state index contributed by atoms with van der Waals surface area (Å²) in [5.41, 5.74) is 0. The normalized spacial score (nSPS) is 20.9. The minimum atomic E-state index is -3.77. The molecule has 0 bridgehead atoms. The van der Waals surface area contributed by atoms with Crippen LogP contribution in [-0.4, -0.2) is 55.7 Å². The lowest BCUT2D eigenvalue weighted by Gasteiger charge is -2.18. The van der Waals surface area contributed by atoms with Gasteiger partial charge in [0.1, 0.15) is 4.90 Å². The Balaban J connectivity index is 2.27. The first-order chi connectivity index (χ1) is 8.81. The molecule has 0 saturated carbocycles. The Morgan fingerprint density at radius 3 is 2.42 bits per heavy atom. The van der Waals surface area contributed by atoms with Gasteiger partial charge >= 0.3 is 0 Å². The van der Waals surface area contributed by atoms with E-state index in [-0.39, 0.29) is 41.2 Å². The van der Waals surface area contributed by atoms with Crippen LogP contribution in [0.1, 0.15) is 6.42 Å². The predicted molar refractivity (Wildman–Crippen MR) is 69.1 cm³/mol. The molecule has 0 amide bonds. The van der Waals surface area contributed by atoms with E-state index in [2.05, 4.69) is 9.97 Å². The molecule has 2 rings (SSSR count). The Hall–Kier alpha value is -0.770. The number of sulfonamides is 1. The first-order valence-corrected chi connectivity index (χ1v) is 9.13. The zero-order valence-corrected chi connectivity index (χ0v) is 12.2. The Labute approximate surface area is 116 Å². The van der Waals surface area contributed by atoms with E-state index in [1.54, 1.807) is 0 Å². The maximum atomic E-state index is 12.3. The van der Waals surface area contributed by atoms with Gasteiger partial charge in [0, 0.05) is 13.1 Å². The van der Waals surface area contributed by atoms with Crippen LogP contribution >= 0.6 is 11.6 Å². The van der Waals surface area contributed by atoms with Crippen molar-refractivity contribution < 1.29 is 16.8 Å². The Morgan fingerprint density at radius 2 is 1.79 bits per heavy atom. The summed E-state index contributed by atoms with van der Waals surface area (Å²) in [5.74, 6) is -0.156. The second-order valence-corrected chi connectivity index (χ2v) is 8.68. The van der Waals surface area contributed by atoms with Gasteiger partial charge in [0.2, 0.25) is 15.3 Å². The molecule has 1 fully saturated rings. The van der Waals surface area contributed by atoms with Crippen molar-refractivity contribution in [2.75, 3.05) is 24.6 Å². The summed E-state index contributed by atoms with van der Waals surface area (Å²) in [5, 5.41) is -0.0441. The second kappa shape index (κ2) is 5.31. The molecule has 1 aromatic rings. The Kier molecular flexibility index (Phi) is 4.09. The third kappa shape index (κ3) is 3.41. The first kappa shape index (κ1) is 14.6. The van der Waals surface area contributed by atoms with Crippen LogP contribution in [0.15, 0.2) is 17.3 Å². The zero-order valence-electron chi connectivity index (χ0n) is 9.86. The molecule has 1 aromatic heterocycles. The number of rotatable bonds is 2. The molecule has 0 aliphatic carbocycles. The van der Waals surface area contributed by atoms with Gasteiger partial charge in [-0.1, -0.05) is 0 Å². The molecule has 10 heteroatoms. The fourth-order valence-corrected chi connectivity index (χ4v) is 4.59. The van der Waals surface area contributed by atoms with Gasteiger partial charge in [-0.25, -0.2) is 26.8 Å². The third-order valence-corrected chi connectivity index (χ3v) is 6.51. The van der Waals surface area contributed by atoms with Gasteiger partial charge in [0.15, 0.2) is 9.84 Å². The first-order valence-electron chi connectivity index (χ1n) is 5.49. The van der Waals surface area contributed by atoms with E-state index in [0.29, 0.717) is 0 Å². The molecular weight excluding hydrogens is 314 g/mol. The maximum Gasteiger partial charge on any atom is 0.246 e. The third-order valence-electron chi connectivity index (χ3n) is 2.75. The molecule has 19 heavy (non-hydrogen) atoms. The fraction of sp³-hybridized carbons (Fsp3) is 0.556. The molecule has 1 aliphatic heterocycles. The molecule has 0 spiro atoms. The van der Waals surface area contributed by atoms with E-state index >= 15 is 0 Å². The molecule has 0 aromatic carbocycles. The summed E-state index contributed by atoms with van der Waals surface area (Å²) < 4.78 is 48.6. The van der Waals surface area contributed by atoms with Gasteiger partial charge in [-0.05, 0) is 18.0 Å². The number of aromatic nitrogens is 2. The van der Waals surface area contributed by atoms with Crippen molar-refractivity contribution in [3.05, 3.63) is 17.7 Å². The minimum absolute atomic E-state index is 0.0101. The minimum Gasteiger partial charge on any atom is -0.229 e. The van der Waals surface area contributed by atoms with Gasteiger partial charge in [0.05, 0.1) is 23.9 Å². The van der Waals surface area contributed by atoms with E-state index in [0.717, 1.165) is 16.7 Å². The Bertz CT molecular complexity index is 657. The average Bonchev–Trinajstić information content (AvgIpc) is 2.51. The number of hydrogen-bond donors (Lipinski definition) is 0. The van der Waals surface area contributed by atoms with Crippen molar-refractivity contribution in [1.29, 1.82) is 0 Å². The van der Waals surface area contributed by atoms with Crippen LogP contribution in [0.4, 0.5) is 0 Å². The predicted octanol–water partition coefficient (Wildman–Crippen LogP) is -0.0608. The molecule has 106 valence electrons. The summed E-state index contributed by atoms with van der Waals surface area (Å²) in [6, 6.07) is 0. The van der Waals surface area contributed by atoms with Crippen molar-refractivity contribution in [1.82, 2.24) is 14.3 Å². The van der Waals surface area contributed by atoms with E-state index in [4.69, 9.17) is 11.6 Å². The van der Waals surface area contributed by atoms with Crippen LogP contribution in [0.25, 0.3) is 0 Å². The molecule has 1 saturated heterocycles. The molecule has 0 radical (unpaired) electrons. The average molecular weight is 326 g/mol. The van der Waals surface area contributed by atoms with Gasteiger partial charge < -0.3 is 0 Å². The quantitative estimate of drug-likeness (QED) is 0.707. The summed E-state index contributed by atoms with van der Waals surface area (Å²) in [6.45, 7) is 0.123. The smallest absolute Gasteiger partial charge is 0.229 e. The van der Waals surface area contributed by atoms with E-state index in [1.165, 1.54) is 0 Å². The van der Waals surface area contributed by atoms with Gasteiger partial charge in [-0.15, -0.1) is 0 Å². The summed E-state index contributed by atoms with van der Waals surface area (Å²) >= 11 is 5.50. The van der Waals surface area contributed by atoms with Gasteiger partial charge in [-0.2, -0.15) is 4.31 Å². The molecule has 0 atom stereocenters. The van der Waals surface area contributed by atoms with Gasteiger partial charge in [-0.3, -0.25) is 0 Å². The molecule has 7 nitrogen and oxygen atoms in total. The monoisotopic (exact) mass is 325 g/mol. The number of sulfone groups is 1. The Morgan fingerprint density at radius 1 is 1.16 bits per heavy atom.